The van der Waals surface area contributed by atoms with Crippen LogP contribution in [0.2, 0.25) is 0 Å². The molecule has 23 heavy (non-hydrogen) atoms. The molecule has 0 aliphatic carbocycles. The zero-order valence-corrected chi connectivity index (χ0v) is 13.1. The van der Waals surface area contributed by atoms with Gasteiger partial charge in [0.15, 0.2) is 0 Å². The molecular formula is C13H24N4O6. The molecule has 0 radical (unpaired) electrons. The van der Waals surface area contributed by atoms with Crippen LogP contribution in [0.5, 0.6) is 0 Å². The molecule has 0 aromatic heterocycles. The van der Waals surface area contributed by atoms with Crippen LogP contribution in [-0.4, -0.2) is 68.2 Å². The normalized spacial score (nSPS) is 11.5. The lowest BCUT2D eigenvalue weighted by molar-refractivity contribution is -0.140. The monoisotopic (exact) mass is 332 g/mol. The van der Waals surface area contributed by atoms with Crippen molar-refractivity contribution in [2.75, 3.05) is 33.4 Å². The van der Waals surface area contributed by atoms with Crippen molar-refractivity contribution >= 4 is 23.7 Å². The molecule has 3 amide bonds. The van der Waals surface area contributed by atoms with Crippen molar-refractivity contribution in [2.24, 2.45) is 5.73 Å². The Morgan fingerprint density at radius 2 is 1.78 bits per heavy atom. The van der Waals surface area contributed by atoms with Crippen LogP contribution in [0.25, 0.3) is 0 Å². The van der Waals surface area contributed by atoms with E-state index < -0.39 is 30.2 Å². The number of hydrogen-bond donors (Lipinski definition) is 5. The van der Waals surface area contributed by atoms with Crippen molar-refractivity contribution in [3.05, 3.63) is 0 Å². The molecular weight excluding hydrogens is 308 g/mol. The van der Waals surface area contributed by atoms with Crippen molar-refractivity contribution in [3.8, 4) is 0 Å². The summed E-state index contributed by atoms with van der Waals surface area (Å²) in [7, 11) is 1.64. The first-order valence-electron chi connectivity index (χ1n) is 7.16. The number of primary amides is 1. The lowest BCUT2D eigenvalue weighted by Gasteiger charge is -2.12. The highest BCUT2D eigenvalue weighted by atomic mass is 16.5. The molecule has 0 saturated carbocycles. The summed E-state index contributed by atoms with van der Waals surface area (Å²) in [5, 5.41) is 16.1. The molecule has 10 heteroatoms. The number of ether oxygens (including phenoxy) is 1. The Morgan fingerprint density at radius 1 is 1.13 bits per heavy atom. The number of amides is 3. The lowest BCUT2D eigenvalue weighted by atomic mass is 10.1. The zero-order valence-electron chi connectivity index (χ0n) is 13.1. The van der Waals surface area contributed by atoms with Gasteiger partial charge in [-0.2, -0.15) is 0 Å². The van der Waals surface area contributed by atoms with Gasteiger partial charge in [0, 0.05) is 13.1 Å². The smallest absolute Gasteiger partial charge is 0.312 e. The van der Waals surface area contributed by atoms with E-state index in [4.69, 9.17) is 15.6 Å². The molecule has 0 spiro atoms. The SMILES string of the molecule is CNC(CCCNC(=O)COCCNC(=O)CC(=O)O)C(N)=O. The number of aliphatic carboxylic acids is 1. The fourth-order valence-corrected chi connectivity index (χ4v) is 1.64. The largest absolute Gasteiger partial charge is 0.481 e. The van der Waals surface area contributed by atoms with Crippen LogP contribution >= 0.6 is 0 Å². The van der Waals surface area contributed by atoms with E-state index >= 15 is 0 Å². The number of carboxylic acids is 1. The van der Waals surface area contributed by atoms with Gasteiger partial charge in [0.1, 0.15) is 13.0 Å². The Hall–Kier alpha value is -2.20. The number of carbonyl (C=O) groups is 4. The van der Waals surface area contributed by atoms with Crippen molar-refractivity contribution in [1.82, 2.24) is 16.0 Å². The van der Waals surface area contributed by atoms with Crippen LogP contribution in [0.15, 0.2) is 0 Å². The third-order valence-electron chi connectivity index (χ3n) is 2.80. The second-order valence-electron chi connectivity index (χ2n) is 4.71. The maximum Gasteiger partial charge on any atom is 0.312 e. The zero-order chi connectivity index (χ0) is 17.7. The summed E-state index contributed by atoms with van der Waals surface area (Å²) in [6, 6.07) is -0.419. The summed E-state index contributed by atoms with van der Waals surface area (Å²) in [6.07, 6.45) is 0.507. The maximum absolute atomic E-state index is 11.4. The molecule has 1 atom stereocenters. The highest BCUT2D eigenvalue weighted by Gasteiger charge is 2.11. The summed E-state index contributed by atoms with van der Waals surface area (Å²) in [6.45, 7) is 0.452. The van der Waals surface area contributed by atoms with Crippen molar-refractivity contribution in [1.29, 1.82) is 0 Å². The molecule has 0 aromatic rings. The van der Waals surface area contributed by atoms with Crippen LogP contribution in [0, 0.1) is 0 Å². The highest BCUT2D eigenvalue weighted by molar-refractivity contribution is 5.93. The Balaban J connectivity index is 3.56. The Morgan fingerprint density at radius 3 is 2.35 bits per heavy atom. The van der Waals surface area contributed by atoms with E-state index in [1.165, 1.54) is 0 Å². The Bertz CT molecular complexity index is 415. The second kappa shape index (κ2) is 12.4. The van der Waals surface area contributed by atoms with Crippen LogP contribution in [0.4, 0.5) is 0 Å². The predicted molar refractivity (Wildman–Crippen MR) is 80.4 cm³/mol. The topological polar surface area (TPSA) is 160 Å². The van der Waals surface area contributed by atoms with Gasteiger partial charge in [-0.15, -0.1) is 0 Å². The van der Waals surface area contributed by atoms with Gasteiger partial charge in [0.25, 0.3) is 0 Å². The molecule has 0 aromatic carbocycles. The standard InChI is InChI=1S/C13H24N4O6/c1-15-9(13(14)22)3-2-4-16-11(19)8-23-6-5-17-10(18)7-12(20)21/h9,15H,2-8H2,1H3,(H2,14,22)(H,16,19)(H,17,18)(H,20,21). The van der Waals surface area contributed by atoms with Crippen LogP contribution < -0.4 is 21.7 Å². The molecule has 132 valence electrons. The minimum Gasteiger partial charge on any atom is -0.481 e. The van der Waals surface area contributed by atoms with E-state index in [1.807, 2.05) is 0 Å². The Kier molecular flexibility index (Phi) is 11.2. The number of nitrogens with one attached hydrogen (secondary N) is 3. The van der Waals surface area contributed by atoms with Crippen LogP contribution in [0.3, 0.4) is 0 Å². The Labute approximate surface area is 134 Å². The van der Waals surface area contributed by atoms with E-state index in [0.717, 1.165) is 0 Å². The molecule has 0 bridgehead atoms. The van der Waals surface area contributed by atoms with Gasteiger partial charge in [-0.1, -0.05) is 0 Å². The van der Waals surface area contributed by atoms with Crippen molar-refractivity contribution in [3.63, 3.8) is 0 Å². The minimum absolute atomic E-state index is 0.0995. The first kappa shape index (κ1) is 20.8. The van der Waals surface area contributed by atoms with Gasteiger partial charge in [-0.25, -0.2) is 0 Å². The molecule has 0 rings (SSSR count). The van der Waals surface area contributed by atoms with E-state index in [2.05, 4.69) is 16.0 Å². The summed E-state index contributed by atoms with van der Waals surface area (Å²) in [4.78, 5) is 43.6. The molecule has 10 nitrogen and oxygen atoms in total. The van der Waals surface area contributed by atoms with E-state index in [1.54, 1.807) is 7.05 Å². The van der Waals surface area contributed by atoms with Gasteiger partial charge in [-0.05, 0) is 19.9 Å². The third kappa shape index (κ3) is 12.1. The average Bonchev–Trinajstić information content (AvgIpc) is 2.45. The molecule has 0 aliphatic heterocycles. The highest BCUT2D eigenvalue weighted by Crippen LogP contribution is 1.94. The molecule has 6 N–H and O–H groups in total. The summed E-state index contributed by atoms with van der Waals surface area (Å²) in [5.74, 6) is -2.58. The number of carboxylic acid groups (broad SMARTS) is 1. The average molecular weight is 332 g/mol. The lowest BCUT2D eigenvalue weighted by Crippen LogP contribution is -2.39. The van der Waals surface area contributed by atoms with Gasteiger partial charge in [-0.3, -0.25) is 19.2 Å². The van der Waals surface area contributed by atoms with Gasteiger partial charge < -0.3 is 31.5 Å². The summed E-state index contributed by atoms with van der Waals surface area (Å²) < 4.78 is 5.03. The summed E-state index contributed by atoms with van der Waals surface area (Å²) in [5.41, 5.74) is 5.16. The van der Waals surface area contributed by atoms with E-state index in [-0.39, 0.29) is 25.7 Å². The molecule has 1 unspecified atom stereocenters. The van der Waals surface area contributed by atoms with Gasteiger partial charge in [0.2, 0.25) is 17.7 Å². The minimum atomic E-state index is -1.21. The molecule has 0 aliphatic rings. The molecule has 0 fully saturated rings. The first-order chi connectivity index (χ1) is 10.9. The quantitative estimate of drug-likeness (QED) is 0.185. The maximum atomic E-state index is 11.4. The number of carbonyl (C=O) groups excluding carboxylic acids is 3. The van der Waals surface area contributed by atoms with Gasteiger partial charge >= 0.3 is 5.97 Å². The first-order valence-corrected chi connectivity index (χ1v) is 7.16. The fourth-order valence-electron chi connectivity index (χ4n) is 1.64. The number of rotatable bonds is 13. The van der Waals surface area contributed by atoms with Gasteiger partial charge in [0.05, 0.1) is 12.6 Å². The third-order valence-corrected chi connectivity index (χ3v) is 2.80. The van der Waals surface area contributed by atoms with Crippen molar-refractivity contribution < 1.29 is 29.0 Å². The van der Waals surface area contributed by atoms with Crippen molar-refractivity contribution in [2.45, 2.75) is 25.3 Å². The second-order valence-corrected chi connectivity index (χ2v) is 4.71. The summed E-state index contributed by atoms with van der Waals surface area (Å²) >= 11 is 0. The number of hydrogen-bond acceptors (Lipinski definition) is 6. The number of nitrogens with two attached hydrogens (primary N) is 1. The van der Waals surface area contributed by atoms with E-state index in [9.17, 15) is 19.2 Å². The predicted octanol–water partition coefficient (Wildman–Crippen LogP) is -2.44. The fraction of sp³-hybridized carbons (Fsp3) is 0.692. The van der Waals surface area contributed by atoms with Crippen LogP contribution in [-0.2, 0) is 23.9 Å². The molecule has 0 heterocycles. The van der Waals surface area contributed by atoms with Crippen LogP contribution in [0.1, 0.15) is 19.3 Å². The number of likely N-dealkylation sites (N-methyl/N-ethyl adjacent to an activating group) is 1. The molecule has 0 saturated heterocycles. The van der Waals surface area contributed by atoms with E-state index in [0.29, 0.717) is 19.4 Å².